The van der Waals surface area contributed by atoms with Gasteiger partial charge in [-0.1, -0.05) is 44.2 Å². The molecule has 0 atom stereocenters. The molecule has 1 aromatic carbocycles. The van der Waals surface area contributed by atoms with Gasteiger partial charge in [0.2, 0.25) is 0 Å². The molecule has 106 valence electrons. The minimum Gasteiger partial charge on any atom is -0.507 e. The number of nitrogens with zero attached hydrogens (tertiary/aromatic N) is 1. The fourth-order valence-electron chi connectivity index (χ4n) is 1.91. The Hall–Kier alpha value is -1.58. The number of aromatic hydroxyl groups is 1. The van der Waals surface area contributed by atoms with E-state index in [1.165, 1.54) is 38.2 Å². The summed E-state index contributed by atoms with van der Waals surface area (Å²) in [6.45, 7) is 2.86. The van der Waals surface area contributed by atoms with Gasteiger partial charge in [-0.3, -0.25) is 0 Å². The summed E-state index contributed by atoms with van der Waals surface area (Å²) in [6, 6.07) is 4.97. The molecular weight excluding hydrogens is 242 g/mol. The minimum atomic E-state index is -0.0104. The standard InChI is InChI=1S/C15H23NO3/c1-2-3-4-5-6-7-10-19-14-9-8-13(12-16-18)15(17)11-14/h8-9,11,17H,2-7,10,12H2,1H3. The lowest BCUT2D eigenvalue weighted by molar-refractivity contribution is 0.302. The Morgan fingerprint density at radius 3 is 2.58 bits per heavy atom. The fraction of sp³-hybridized carbons (Fsp3) is 0.600. The number of hydrogen-bond donors (Lipinski definition) is 1. The summed E-state index contributed by atoms with van der Waals surface area (Å²) in [5.74, 6) is 0.709. The van der Waals surface area contributed by atoms with Gasteiger partial charge >= 0.3 is 0 Å². The highest BCUT2D eigenvalue weighted by molar-refractivity contribution is 5.39. The highest BCUT2D eigenvalue weighted by Gasteiger charge is 2.03. The summed E-state index contributed by atoms with van der Waals surface area (Å²) >= 11 is 0. The second kappa shape index (κ2) is 9.36. The van der Waals surface area contributed by atoms with Gasteiger partial charge in [-0.15, -0.1) is 0 Å². The first-order valence-corrected chi connectivity index (χ1v) is 7.01. The van der Waals surface area contributed by atoms with Crippen molar-refractivity contribution in [2.45, 2.75) is 52.0 Å². The van der Waals surface area contributed by atoms with Gasteiger partial charge in [0, 0.05) is 11.6 Å². The van der Waals surface area contributed by atoms with Crippen LogP contribution in [-0.4, -0.2) is 11.7 Å². The number of hydrogen-bond acceptors (Lipinski definition) is 4. The topological polar surface area (TPSA) is 58.9 Å². The van der Waals surface area contributed by atoms with Gasteiger partial charge in [-0.05, 0) is 18.6 Å². The molecule has 0 bridgehead atoms. The number of unbranched alkanes of at least 4 members (excludes halogenated alkanes) is 5. The normalized spacial score (nSPS) is 10.4. The van der Waals surface area contributed by atoms with Crippen molar-refractivity contribution in [1.82, 2.24) is 0 Å². The molecule has 0 fully saturated rings. The molecular formula is C15H23NO3. The molecule has 0 aliphatic rings. The summed E-state index contributed by atoms with van der Waals surface area (Å²) in [7, 11) is 0. The van der Waals surface area contributed by atoms with E-state index in [9.17, 15) is 10.0 Å². The van der Waals surface area contributed by atoms with Crippen LogP contribution in [0.25, 0.3) is 0 Å². The first-order chi connectivity index (χ1) is 9.27. The van der Waals surface area contributed by atoms with E-state index in [-0.39, 0.29) is 12.3 Å². The summed E-state index contributed by atoms with van der Waals surface area (Å²) in [5.41, 5.74) is 0.530. The van der Waals surface area contributed by atoms with Crippen molar-refractivity contribution in [3.05, 3.63) is 28.7 Å². The number of ether oxygens (including phenoxy) is 1. The Morgan fingerprint density at radius 2 is 1.89 bits per heavy atom. The van der Waals surface area contributed by atoms with Gasteiger partial charge in [0.25, 0.3) is 0 Å². The third kappa shape index (κ3) is 6.22. The number of rotatable bonds is 10. The SMILES string of the molecule is CCCCCCCCOc1ccc(CN=O)c(O)c1. The molecule has 1 N–H and O–H groups in total. The minimum absolute atomic E-state index is 0.0104. The van der Waals surface area contributed by atoms with Gasteiger partial charge in [-0.25, -0.2) is 0 Å². The lowest BCUT2D eigenvalue weighted by Gasteiger charge is -2.08. The van der Waals surface area contributed by atoms with Crippen molar-refractivity contribution in [3.8, 4) is 11.5 Å². The summed E-state index contributed by atoms with van der Waals surface area (Å²) in [6.07, 6.45) is 7.33. The Bertz CT molecular complexity index is 380. The second-order valence-corrected chi connectivity index (χ2v) is 4.69. The molecule has 0 amide bonds. The van der Waals surface area contributed by atoms with Crippen LogP contribution in [0.3, 0.4) is 0 Å². The third-order valence-corrected chi connectivity index (χ3v) is 3.06. The van der Waals surface area contributed by atoms with Crippen molar-refractivity contribution in [2.24, 2.45) is 5.18 Å². The molecule has 0 saturated carbocycles. The second-order valence-electron chi connectivity index (χ2n) is 4.69. The molecule has 0 aromatic heterocycles. The van der Waals surface area contributed by atoms with E-state index in [2.05, 4.69) is 12.1 Å². The number of phenolic OH excluding ortho intramolecular Hbond substituents is 1. The maximum atomic E-state index is 10.1. The van der Waals surface area contributed by atoms with Crippen molar-refractivity contribution < 1.29 is 9.84 Å². The van der Waals surface area contributed by atoms with Crippen LogP contribution in [0.2, 0.25) is 0 Å². The van der Waals surface area contributed by atoms with Crippen LogP contribution in [0.5, 0.6) is 11.5 Å². The van der Waals surface area contributed by atoms with Gasteiger partial charge in [-0.2, -0.15) is 4.91 Å². The lowest BCUT2D eigenvalue weighted by atomic mass is 10.1. The molecule has 4 nitrogen and oxygen atoms in total. The maximum Gasteiger partial charge on any atom is 0.124 e. The third-order valence-electron chi connectivity index (χ3n) is 3.06. The Morgan fingerprint density at radius 1 is 1.16 bits per heavy atom. The average Bonchev–Trinajstić information content (AvgIpc) is 2.41. The average molecular weight is 265 g/mol. The van der Waals surface area contributed by atoms with E-state index >= 15 is 0 Å². The summed E-state index contributed by atoms with van der Waals surface area (Å²) in [5, 5.41) is 12.4. The number of phenols is 1. The molecule has 19 heavy (non-hydrogen) atoms. The quantitative estimate of drug-likeness (QED) is 0.504. The van der Waals surface area contributed by atoms with Crippen LogP contribution in [0.15, 0.2) is 23.4 Å². The molecule has 4 heteroatoms. The van der Waals surface area contributed by atoms with Crippen molar-refractivity contribution in [3.63, 3.8) is 0 Å². The van der Waals surface area contributed by atoms with Gasteiger partial charge in [0.05, 0.1) is 6.61 Å². The van der Waals surface area contributed by atoms with E-state index in [1.54, 1.807) is 12.1 Å². The van der Waals surface area contributed by atoms with Crippen molar-refractivity contribution in [1.29, 1.82) is 0 Å². The van der Waals surface area contributed by atoms with Crippen LogP contribution in [-0.2, 0) is 6.54 Å². The zero-order chi connectivity index (χ0) is 13.9. The van der Waals surface area contributed by atoms with E-state index in [4.69, 9.17) is 4.74 Å². The van der Waals surface area contributed by atoms with Crippen LogP contribution < -0.4 is 4.74 Å². The number of nitroso groups, excluding NO2 is 1. The lowest BCUT2D eigenvalue weighted by Crippen LogP contribution is -1.97. The number of benzene rings is 1. The van der Waals surface area contributed by atoms with Crippen LogP contribution >= 0.6 is 0 Å². The summed E-state index contributed by atoms with van der Waals surface area (Å²) < 4.78 is 5.56. The van der Waals surface area contributed by atoms with E-state index in [0.29, 0.717) is 17.9 Å². The van der Waals surface area contributed by atoms with E-state index < -0.39 is 0 Å². The summed E-state index contributed by atoms with van der Waals surface area (Å²) in [4.78, 5) is 10.1. The van der Waals surface area contributed by atoms with Gasteiger partial charge < -0.3 is 9.84 Å². The highest BCUT2D eigenvalue weighted by atomic mass is 16.5. The van der Waals surface area contributed by atoms with Crippen LogP contribution in [0.4, 0.5) is 0 Å². The predicted octanol–water partition coefficient (Wildman–Crippen LogP) is 4.40. The van der Waals surface area contributed by atoms with Gasteiger partial charge in [0.1, 0.15) is 18.0 Å². The van der Waals surface area contributed by atoms with E-state index in [0.717, 1.165) is 6.42 Å². The molecule has 0 heterocycles. The van der Waals surface area contributed by atoms with Crippen molar-refractivity contribution in [2.75, 3.05) is 6.61 Å². The van der Waals surface area contributed by atoms with Gasteiger partial charge in [0.15, 0.2) is 0 Å². The highest BCUT2D eigenvalue weighted by Crippen LogP contribution is 2.24. The molecule has 0 radical (unpaired) electrons. The zero-order valence-corrected chi connectivity index (χ0v) is 11.6. The van der Waals surface area contributed by atoms with Crippen LogP contribution in [0, 0.1) is 4.91 Å². The largest absolute Gasteiger partial charge is 0.507 e. The molecule has 1 rings (SSSR count). The monoisotopic (exact) mass is 265 g/mol. The smallest absolute Gasteiger partial charge is 0.124 e. The molecule has 1 aromatic rings. The molecule has 0 unspecified atom stereocenters. The maximum absolute atomic E-state index is 10.1. The predicted molar refractivity (Wildman–Crippen MR) is 76.5 cm³/mol. The fourth-order valence-corrected chi connectivity index (χ4v) is 1.91. The van der Waals surface area contributed by atoms with Crippen LogP contribution in [0.1, 0.15) is 51.0 Å². The van der Waals surface area contributed by atoms with E-state index in [1.807, 2.05) is 0 Å². The first kappa shape index (κ1) is 15.5. The Labute approximate surface area is 114 Å². The zero-order valence-electron chi connectivity index (χ0n) is 11.6. The molecule has 0 spiro atoms. The Kier molecular flexibility index (Phi) is 7.63. The Balaban J connectivity index is 2.22. The molecule has 0 saturated heterocycles. The molecule has 0 aliphatic heterocycles. The first-order valence-electron chi connectivity index (χ1n) is 7.01. The van der Waals surface area contributed by atoms with Crippen molar-refractivity contribution >= 4 is 0 Å². The molecule has 0 aliphatic carbocycles.